The van der Waals surface area contributed by atoms with E-state index < -0.39 is 17.6 Å². The molecule has 0 aliphatic rings. The molecule has 2 N–H and O–H groups in total. The van der Waals surface area contributed by atoms with Gasteiger partial charge in [-0.05, 0) is 45.9 Å². The van der Waals surface area contributed by atoms with E-state index in [0.717, 1.165) is 13.8 Å². The summed E-state index contributed by atoms with van der Waals surface area (Å²) in [7, 11) is 3.13. The predicted molar refractivity (Wildman–Crippen MR) is 125 cm³/mol. The van der Waals surface area contributed by atoms with Crippen LogP contribution in [0.4, 0.5) is 14.6 Å². The van der Waals surface area contributed by atoms with Crippen molar-refractivity contribution in [3.05, 3.63) is 47.5 Å². The number of methoxy groups -OCH3 is 2. The second-order valence-corrected chi connectivity index (χ2v) is 8.45. The van der Waals surface area contributed by atoms with Crippen LogP contribution in [0.3, 0.4) is 0 Å². The summed E-state index contributed by atoms with van der Waals surface area (Å²) in [6.07, 6.45) is 1.30. The number of aliphatic hydroxyl groups is 1. The number of rotatable bonds is 10. The van der Waals surface area contributed by atoms with Crippen LogP contribution in [-0.4, -0.2) is 53.1 Å². The van der Waals surface area contributed by atoms with E-state index in [1.807, 2.05) is 0 Å². The Morgan fingerprint density at radius 2 is 1.82 bits per heavy atom. The molecule has 0 fully saturated rings. The highest BCUT2D eigenvalue weighted by atomic mass is 19.3. The lowest BCUT2D eigenvalue weighted by molar-refractivity contribution is -0.168. The van der Waals surface area contributed by atoms with E-state index in [2.05, 4.69) is 20.3 Å². The van der Waals surface area contributed by atoms with Crippen molar-refractivity contribution < 1.29 is 28.1 Å². The fourth-order valence-corrected chi connectivity index (χ4v) is 3.38. The van der Waals surface area contributed by atoms with Gasteiger partial charge in [0.15, 0.2) is 11.5 Å². The molecule has 0 radical (unpaired) electrons. The van der Waals surface area contributed by atoms with Gasteiger partial charge in [-0.2, -0.15) is 8.78 Å². The van der Waals surface area contributed by atoms with E-state index in [9.17, 15) is 13.9 Å². The SMILES string of the molecule is COCCOc1cc2c(N[C@H](C)c3cc(C(F)(F)C(C)(C)O)ccn3)nc(C)nc2cc1OC. The Kier molecular flexibility index (Phi) is 7.52. The average molecular weight is 477 g/mol. The molecule has 3 aromatic rings. The molecule has 0 unspecified atom stereocenters. The first-order chi connectivity index (χ1) is 16.0. The van der Waals surface area contributed by atoms with Crippen molar-refractivity contribution in [2.24, 2.45) is 0 Å². The summed E-state index contributed by atoms with van der Waals surface area (Å²) >= 11 is 0. The van der Waals surface area contributed by atoms with E-state index in [1.165, 1.54) is 18.3 Å². The molecule has 0 saturated carbocycles. The van der Waals surface area contributed by atoms with E-state index in [1.54, 1.807) is 40.2 Å². The molecule has 2 aromatic heterocycles. The second kappa shape index (κ2) is 10.0. The third-order valence-corrected chi connectivity index (χ3v) is 5.35. The maximum atomic E-state index is 14.7. The molecule has 184 valence electrons. The van der Waals surface area contributed by atoms with Gasteiger partial charge >= 0.3 is 5.92 Å². The van der Waals surface area contributed by atoms with Gasteiger partial charge in [0.05, 0.1) is 31.0 Å². The van der Waals surface area contributed by atoms with Gasteiger partial charge in [-0.3, -0.25) is 4.98 Å². The molecule has 34 heavy (non-hydrogen) atoms. The van der Waals surface area contributed by atoms with Crippen LogP contribution in [0.15, 0.2) is 30.5 Å². The zero-order chi connectivity index (χ0) is 25.1. The lowest BCUT2D eigenvalue weighted by Crippen LogP contribution is -2.40. The molecule has 0 aliphatic heterocycles. The highest BCUT2D eigenvalue weighted by Crippen LogP contribution is 2.39. The van der Waals surface area contributed by atoms with E-state index >= 15 is 0 Å². The lowest BCUT2D eigenvalue weighted by Gasteiger charge is -2.29. The maximum Gasteiger partial charge on any atom is 0.300 e. The van der Waals surface area contributed by atoms with Crippen LogP contribution in [0.1, 0.15) is 43.9 Å². The Morgan fingerprint density at radius 3 is 2.47 bits per heavy atom. The number of aromatic nitrogens is 3. The molecule has 10 heteroatoms. The van der Waals surface area contributed by atoms with Gasteiger partial charge in [0.2, 0.25) is 0 Å². The highest BCUT2D eigenvalue weighted by molar-refractivity contribution is 5.92. The number of hydrogen-bond donors (Lipinski definition) is 2. The molecule has 0 amide bonds. The van der Waals surface area contributed by atoms with Crippen LogP contribution in [0.25, 0.3) is 10.9 Å². The van der Waals surface area contributed by atoms with Gasteiger partial charge in [-0.25, -0.2) is 9.97 Å². The second-order valence-electron chi connectivity index (χ2n) is 8.45. The van der Waals surface area contributed by atoms with Gasteiger partial charge in [0, 0.05) is 30.3 Å². The van der Waals surface area contributed by atoms with Crippen LogP contribution < -0.4 is 14.8 Å². The van der Waals surface area contributed by atoms with Crippen molar-refractivity contribution >= 4 is 16.7 Å². The summed E-state index contributed by atoms with van der Waals surface area (Å²) in [5.41, 5.74) is -1.54. The third-order valence-electron chi connectivity index (χ3n) is 5.35. The summed E-state index contributed by atoms with van der Waals surface area (Å²) in [5.74, 6) is -1.42. The zero-order valence-electron chi connectivity index (χ0n) is 20.1. The number of nitrogens with one attached hydrogen (secondary N) is 1. The molecule has 3 rings (SSSR count). The summed E-state index contributed by atoms with van der Waals surface area (Å²) < 4.78 is 45.6. The maximum absolute atomic E-state index is 14.7. The minimum Gasteiger partial charge on any atom is -0.493 e. The first-order valence-corrected chi connectivity index (χ1v) is 10.8. The van der Waals surface area contributed by atoms with Crippen molar-refractivity contribution in [2.45, 2.75) is 45.3 Å². The summed E-state index contributed by atoms with van der Waals surface area (Å²) in [6.45, 7) is 6.43. The van der Waals surface area contributed by atoms with Crippen LogP contribution in [0, 0.1) is 6.92 Å². The van der Waals surface area contributed by atoms with Gasteiger partial charge in [0.25, 0.3) is 0 Å². The van der Waals surface area contributed by atoms with E-state index in [0.29, 0.717) is 53.0 Å². The third kappa shape index (κ3) is 5.34. The molecule has 1 atom stereocenters. The smallest absolute Gasteiger partial charge is 0.300 e. The van der Waals surface area contributed by atoms with Crippen molar-refractivity contribution in [3.8, 4) is 11.5 Å². The number of ether oxygens (including phenoxy) is 3. The number of halogens is 2. The van der Waals surface area contributed by atoms with Crippen LogP contribution in [-0.2, 0) is 10.7 Å². The molecule has 1 aromatic carbocycles. The van der Waals surface area contributed by atoms with E-state index in [-0.39, 0.29) is 5.56 Å². The summed E-state index contributed by atoms with van der Waals surface area (Å²) in [5, 5.41) is 13.8. The topological polar surface area (TPSA) is 98.6 Å². The first kappa shape index (κ1) is 25.5. The lowest BCUT2D eigenvalue weighted by atomic mass is 9.93. The fraction of sp³-hybridized carbons (Fsp3) is 0.458. The number of pyridine rings is 1. The molecular weight excluding hydrogens is 446 g/mol. The number of nitrogens with zero attached hydrogens (tertiary/aromatic N) is 3. The van der Waals surface area contributed by atoms with Crippen molar-refractivity contribution in [2.75, 3.05) is 32.8 Å². The highest BCUT2D eigenvalue weighted by Gasteiger charge is 2.47. The number of alkyl halides is 2. The Bertz CT molecular complexity index is 1150. The number of benzene rings is 1. The molecule has 8 nitrogen and oxygen atoms in total. The molecule has 0 aliphatic carbocycles. The van der Waals surface area contributed by atoms with Gasteiger partial charge < -0.3 is 24.6 Å². The van der Waals surface area contributed by atoms with Gasteiger partial charge in [0.1, 0.15) is 23.9 Å². The molecular formula is C24H30F2N4O4. The number of anilines is 1. The Hall–Kier alpha value is -3.11. The standard InChI is InChI=1S/C24H30F2N4O4/c1-14(18-11-16(7-8-27-18)24(25,26)23(3,4)31)28-22-17-12-21(34-10-9-32-5)20(33-6)13-19(17)29-15(2)30-22/h7-8,11-14,31H,9-10H2,1-6H3,(H,28,29,30)/t14-/m1/s1. The largest absolute Gasteiger partial charge is 0.493 e. The average Bonchev–Trinajstić information content (AvgIpc) is 2.78. The number of hydrogen-bond acceptors (Lipinski definition) is 8. The van der Waals surface area contributed by atoms with Crippen LogP contribution in [0.2, 0.25) is 0 Å². The molecule has 0 spiro atoms. The Balaban J connectivity index is 1.98. The molecule has 0 saturated heterocycles. The van der Waals surface area contributed by atoms with Gasteiger partial charge in [-0.15, -0.1) is 0 Å². The van der Waals surface area contributed by atoms with Crippen molar-refractivity contribution in [1.29, 1.82) is 0 Å². The van der Waals surface area contributed by atoms with E-state index in [4.69, 9.17) is 14.2 Å². The van der Waals surface area contributed by atoms with Crippen molar-refractivity contribution in [1.82, 2.24) is 15.0 Å². The first-order valence-electron chi connectivity index (χ1n) is 10.8. The normalized spacial score (nSPS) is 13.1. The Morgan fingerprint density at radius 1 is 1.09 bits per heavy atom. The Labute approximate surface area is 197 Å². The quantitative estimate of drug-likeness (QED) is 0.416. The van der Waals surface area contributed by atoms with Crippen molar-refractivity contribution in [3.63, 3.8) is 0 Å². The predicted octanol–water partition coefficient (Wildman–Crippen LogP) is 4.40. The number of fused-ring (bicyclic) bond motifs is 1. The van der Waals surface area contributed by atoms with Crippen LogP contribution in [0.5, 0.6) is 11.5 Å². The zero-order valence-corrected chi connectivity index (χ0v) is 20.1. The molecule has 2 heterocycles. The minimum absolute atomic E-state index is 0.319. The minimum atomic E-state index is -3.45. The fourth-order valence-electron chi connectivity index (χ4n) is 3.38. The summed E-state index contributed by atoms with van der Waals surface area (Å²) in [6, 6.07) is 5.53. The monoisotopic (exact) mass is 476 g/mol. The number of aryl methyl sites for hydroxylation is 1. The van der Waals surface area contributed by atoms with Crippen LogP contribution >= 0.6 is 0 Å². The van der Waals surface area contributed by atoms with Gasteiger partial charge in [-0.1, -0.05) is 0 Å². The summed E-state index contributed by atoms with van der Waals surface area (Å²) in [4.78, 5) is 13.2. The molecule has 0 bridgehead atoms.